The minimum atomic E-state index is -0.247. The molecule has 2 aliphatic carbocycles. The van der Waals surface area contributed by atoms with Gasteiger partial charge >= 0.3 is 0 Å². The van der Waals surface area contributed by atoms with Crippen LogP contribution in [0.3, 0.4) is 0 Å². The first-order valence-electron chi connectivity index (χ1n) is 5.54. The Labute approximate surface area is 84.9 Å². The lowest BCUT2D eigenvalue weighted by Gasteiger charge is -2.25. The zero-order chi connectivity index (χ0) is 10.2. The van der Waals surface area contributed by atoms with Crippen molar-refractivity contribution in [3.63, 3.8) is 0 Å². The molecule has 2 saturated carbocycles. The van der Waals surface area contributed by atoms with Crippen LogP contribution >= 0.6 is 0 Å². The van der Waals surface area contributed by atoms with E-state index < -0.39 is 0 Å². The number of rotatable bonds is 3. The number of amides is 1. The van der Waals surface area contributed by atoms with Crippen LogP contribution in [0.5, 0.6) is 0 Å². The number of aliphatic hydroxyl groups excluding tert-OH is 1. The van der Waals surface area contributed by atoms with Gasteiger partial charge in [-0.15, -0.1) is 0 Å². The molecule has 0 unspecified atom stereocenters. The molecule has 3 nitrogen and oxygen atoms in total. The SMILES string of the molecule is CC1(C(=O)NC2(CO)CC2)CCCC1. The van der Waals surface area contributed by atoms with Gasteiger partial charge in [0.15, 0.2) is 0 Å². The topological polar surface area (TPSA) is 49.3 Å². The number of nitrogens with one attached hydrogen (secondary N) is 1. The van der Waals surface area contributed by atoms with E-state index in [2.05, 4.69) is 5.32 Å². The fourth-order valence-electron chi connectivity index (χ4n) is 2.25. The summed E-state index contributed by atoms with van der Waals surface area (Å²) in [7, 11) is 0. The molecule has 0 spiro atoms. The molecular weight excluding hydrogens is 178 g/mol. The van der Waals surface area contributed by atoms with Crippen LogP contribution in [0, 0.1) is 5.41 Å². The van der Waals surface area contributed by atoms with Gasteiger partial charge in [0.1, 0.15) is 0 Å². The summed E-state index contributed by atoms with van der Waals surface area (Å²) < 4.78 is 0. The maximum Gasteiger partial charge on any atom is 0.226 e. The van der Waals surface area contributed by atoms with Gasteiger partial charge in [-0.3, -0.25) is 4.79 Å². The van der Waals surface area contributed by atoms with E-state index in [1.165, 1.54) is 0 Å². The van der Waals surface area contributed by atoms with Crippen LogP contribution in [0.15, 0.2) is 0 Å². The average molecular weight is 197 g/mol. The Hall–Kier alpha value is -0.570. The molecule has 2 N–H and O–H groups in total. The van der Waals surface area contributed by atoms with Crippen molar-refractivity contribution in [3.05, 3.63) is 0 Å². The van der Waals surface area contributed by atoms with Gasteiger partial charge in [-0.25, -0.2) is 0 Å². The van der Waals surface area contributed by atoms with Crippen LogP contribution in [0.2, 0.25) is 0 Å². The Balaban J connectivity index is 1.95. The van der Waals surface area contributed by atoms with Gasteiger partial charge in [0, 0.05) is 5.41 Å². The maximum absolute atomic E-state index is 12.0. The molecule has 0 aromatic carbocycles. The summed E-state index contributed by atoms with van der Waals surface area (Å²) >= 11 is 0. The highest BCUT2D eigenvalue weighted by molar-refractivity contribution is 5.83. The molecule has 2 rings (SSSR count). The standard InChI is InChI=1S/C11H19NO2/c1-10(4-2-3-5-10)9(14)12-11(8-13)6-7-11/h13H,2-8H2,1H3,(H,12,14). The van der Waals surface area contributed by atoms with E-state index in [0.717, 1.165) is 38.5 Å². The van der Waals surface area contributed by atoms with Crippen molar-refractivity contribution in [1.29, 1.82) is 0 Å². The highest BCUT2D eigenvalue weighted by Crippen LogP contribution is 2.41. The second-order valence-corrected chi connectivity index (χ2v) is 5.16. The summed E-state index contributed by atoms with van der Waals surface area (Å²) in [5.41, 5.74) is -0.409. The molecule has 0 radical (unpaired) electrons. The highest BCUT2D eigenvalue weighted by Gasteiger charge is 2.47. The lowest BCUT2D eigenvalue weighted by molar-refractivity contribution is -0.131. The van der Waals surface area contributed by atoms with E-state index in [0.29, 0.717) is 0 Å². The second-order valence-electron chi connectivity index (χ2n) is 5.16. The second kappa shape index (κ2) is 3.23. The van der Waals surface area contributed by atoms with Crippen LogP contribution in [0.25, 0.3) is 0 Å². The van der Waals surface area contributed by atoms with Crippen molar-refractivity contribution >= 4 is 5.91 Å². The summed E-state index contributed by atoms with van der Waals surface area (Å²) in [6.07, 6.45) is 6.20. The Bertz CT molecular complexity index is 240. The first-order chi connectivity index (χ1) is 6.60. The Kier molecular flexibility index (Phi) is 2.30. The number of carbonyl (C=O) groups excluding carboxylic acids is 1. The quantitative estimate of drug-likeness (QED) is 0.714. The summed E-state index contributed by atoms with van der Waals surface area (Å²) in [5, 5.41) is 12.1. The largest absolute Gasteiger partial charge is 0.394 e. The summed E-state index contributed by atoms with van der Waals surface area (Å²) in [6, 6.07) is 0. The Morgan fingerprint density at radius 2 is 1.86 bits per heavy atom. The van der Waals surface area contributed by atoms with Gasteiger partial charge in [0.05, 0.1) is 12.1 Å². The van der Waals surface area contributed by atoms with Crippen molar-refractivity contribution < 1.29 is 9.90 Å². The molecule has 0 aromatic rings. The van der Waals surface area contributed by atoms with Crippen molar-refractivity contribution in [2.75, 3.05) is 6.61 Å². The molecule has 0 atom stereocenters. The average Bonchev–Trinajstić information content (AvgIpc) is 2.80. The van der Waals surface area contributed by atoms with E-state index in [1.54, 1.807) is 0 Å². The van der Waals surface area contributed by atoms with Crippen LogP contribution in [0.1, 0.15) is 45.4 Å². The van der Waals surface area contributed by atoms with Gasteiger partial charge in [-0.2, -0.15) is 0 Å². The molecule has 0 aliphatic heterocycles. The van der Waals surface area contributed by atoms with Gasteiger partial charge in [0.25, 0.3) is 0 Å². The molecule has 80 valence electrons. The van der Waals surface area contributed by atoms with E-state index in [4.69, 9.17) is 5.11 Å². The molecule has 0 heterocycles. The van der Waals surface area contributed by atoms with Crippen molar-refractivity contribution in [1.82, 2.24) is 5.32 Å². The Morgan fingerprint density at radius 3 is 2.29 bits per heavy atom. The van der Waals surface area contributed by atoms with E-state index in [-0.39, 0.29) is 23.5 Å². The van der Waals surface area contributed by atoms with Crippen molar-refractivity contribution in [2.45, 2.75) is 51.0 Å². The zero-order valence-corrected chi connectivity index (χ0v) is 8.81. The lowest BCUT2D eigenvalue weighted by atomic mass is 9.87. The normalized spacial score (nSPS) is 27.3. The third-order valence-electron chi connectivity index (χ3n) is 3.79. The minimum Gasteiger partial charge on any atom is -0.394 e. The third-order valence-corrected chi connectivity index (χ3v) is 3.79. The van der Waals surface area contributed by atoms with Crippen LogP contribution < -0.4 is 5.32 Å². The Morgan fingerprint density at radius 1 is 1.29 bits per heavy atom. The lowest BCUT2D eigenvalue weighted by Crippen LogP contribution is -2.46. The minimum absolute atomic E-state index is 0.0921. The van der Waals surface area contributed by atoms with Crippen LogP contribution in [-0.4, -0.2) is 23.2 Å². The maximum atomic E-state index is 12.0. The highest BCUT2D eigenvalue weighted by atomic mass is 16.3. The molecular formula is C11H19NO2. The molecule has 3 heteroatoms. The number of aliphatic hydroxyl groups is 1. The third kappa shape index (κ3) is 1.65. The van der Waals surface area contributed by atoms with Crippen LogP contribution in [0.4, 0.5) is 0 Å². The smallest absolute Gasteiger partial charge is 0.226 e. The number of carbonyl (C=O) groups is 1. The van der Waals surface area contributed by atoms with Crippen molar-refractivity contribution in [2.24, 2.45) is 5.41 Å². The van der Waals surface area contributed by atoms with Gasteiger partial charge in [-0.05, 0) is 25.7 Å². The van der Waals surface area contributed by atoms with Crippen LogP contribution in [-0.2, 0) is 4.79 Å². The van der Waals surface area contributed by atoms with Gasteiger partial charge in [0.2, 0.25) is 5.91 Å². The fraction of sp³-hybridized carbons (Fsp3) is 0.909. The first-order valence-corrected chi connectivity index (χ1v) is 5.54. The van der Waals surface area contributed by atoms with Gasteiger partial charge in [-0.1, -0.05) is 19.8 Å². The molecule has 0 aromatic heterocycles. The van der Waals surface area contributed by atoms with E-state index in [1.807, 2.05) is 6.92 Å². The monoisotopic (exact) mass is 197 g/mol. The predicted octanol–water partition coefficient (Wildman–Crippen LogP) is 1.21. The molecule has 2 aliphatic rings. The summed E-state index contributed by atoms with van der Waals surface area (Å²) in [4.78, 5) is 12.0. The molecule has 0 saturated heterocycles. The van der Waals surface area contributed by atoms with E-state index >= 15 is 0 Å². The fourth-order valence-corrected chi connectivity index (χ4v) is 2.25. The molecule has 1 amide bonds. The summed E-state index contributed by atoms with van der Waals surface area (Å²) in [6.45, 7) is 2.14. The predicted molar refractivity (Wildman–Crippen MR) is 53.8 cm³/mol. The zero-order valence-electron chi connectivity index (χ0n) is 8.81. The number of hydrogen-bond acceptors (Lipinski definition) is 2. The molecule has 14 heavy (non-hydrogen) atoms. The summed E-state index contributed by atoms with van der Waals surface area (Å²) in [5.74, 6) is 0.154. The molecule has 0 bridgehead atoms. The van der Waals surface area contributed by atoms with Crippen molar-refractivity contribution in [3.8, 4) is 0 Å². The molecule has 2 fully saturated rings. The van der Waals surface area contributed by atoms with Gasteiger partial charge < -0.3 is 10.4 Å². The first kappa shape index (κ1) is 9.97. The van der Waals surface area contributed by atoms with E-state index in [9.17, 15) is 4.79 Å². The number of hydrogen-bond donors (Lipinski definition) is 2.